The molecule has 2 aliphatic rings. The smallest absolute Gasteiger partial charge is 0.254 e. The van der Waals surface area contributed by atoms with Crippen LogP contribution < -0.4 is 14.8 Å². The summed E-state index contributed by atoms with van der Waals surface area (Å²) in [4.78, 5) is 28.1. The van der Waals surface area contributed by atoms with E-state index in [4.69, 9.17) is 9.47 Å². The Balaban J connectivity index is 1.30. The van der Waals surface area contributed by atoms with E-state index in [0.717, 1.165) is 29.9 Å². The summed E-state index contributed by atoms with van der Waals surface area (Å²) in [7, 11) is 0. The van der Waals surface area contributed by atoms with Gasteiger partial charge in [-0.15, -0.1) is 0 Å². The summed E-state index contributed by atoms with van der Waals surface area (Å²) in [5.74, 6) is 0.834. The number of fused-ring (bicyclic) bond motifs is 1. The maximum atomic E-state index is 13.2. The first-order valence-electron chi connectivity index (χ1n) is 11.1. The maximum absolute atomic E-state index is 13.2. The number of rotatable bonds is 4. The van der Waals surface area contributed by atoms with Crippen LogP contribution in [-0.4, -0.2) is 45.9 Å². The van der Waals surface area contributed by atoms with E-state index < -0.39 is 6.04 Å². The van der Waals surface area contributed by atoms with Crippen LogP contribution in [0.15, 0.2) is 48.5 Å². The van der Waals surface area contributed by atoms with Gasteiger partial charge in [-0.2, -0.15) is 5.10 Å². The topological polar surface area (TPSA) is 85.7 Å². The highest BCUT2D eigenvalue weighted by atomic mass is 16.7. The number of benzene rings is 2. The van der Waals surface area contributed by atoms with E-state index >= 15 is 0 Å². The minimum Gasteiger partial charge on any atom is -0.454 e. The minimum absolute atomic E-state index is 0.153. The van der Waals surface area contributed by atoms with Crippen LogP contribution in [0.4, 0.5) is 5.69 Å². The molecule has 2 amide bonds. The summed E-state index contributed by atoms with van der Waals surface area (Å²) in [6, 6.07) is 14.2. The monoisotopic (exact) mass is 446 g/mol. The average Bonchev–Trinajstić information content (AvgIpc) is 3.44. The van der Waals surface area contributed by atoms with Gasteiger partial charge < -0.3 is 19.7 Å². The van der Waals surface area contributed by atoms with Crippen molar-refractivity contribution in [2.45, 2.75) is 39.2 Å². The number of nitrogens with zero attached hydrogens (tertiary/aromatic N) is 3. The van der Waals surface area contributed by atoms with Crippen LogP contribution in [0, 0.1) is 13.8 Å². The van der Waals surface area contributed by atoms with Crippen LogP contribution in [0.25, 0.3) is 5.69 Å². The molecule has 8 nitrogen and oxygen atoms in total. The van der Waals surface area contributed by atoms with Crippen molar-refractivity contribution in [2.75, 3.05) is 18.7 Å². The molecule has 2 aromatic carbocycles. The van der Waals surface area contributed by atoms with Crippen LogP contribution in [0.5, 0.6) is 11.5 Å². The Morgan fingerprint density at radius 3 is 2.55 bits per heavy atom. The zero-order chi connectivity index (χ0) is 22.9. The first kappa shape index (κ1) is 21.1. The lowest BCUT2D eigenvalue weighted by molar-refractivity contribution is -0.121. The number of anilines is 1. The molecule has 0 radical (unpaired) electrons. The first-order valence-corrected chi connectivity index (χ1v) is 11.1. The van der Waals surface area contributed by atoms with E-state index in [1.807, 2.05) is 48.9 Å². The number of ether oxygens (including phenoxy) is 2. The standard InChI is InChI=1S/C25H26N4O4/c1-16-13-17(2)29(27-16)20-9-7-19(8-10-20)26-24(30)21-5-3-4-12-28(21)25(31)18-6-11-22-23(14-18)33-15-32-22/h6-11,13-14,21H,3-5,12,15H2,1-2H3,(H,26,30). The fourth-order valence-electron chi connectivity index (χ4n) is 4.44. The predicted molar refractivity (Wildman–Crippen MR) is 123 cm³/mol. The van der Waals surface area contributed by atoms with Gasteiger partial charge in [-0.05, 0) is 81.6 Å². The van der Waals surface area contributed by atoms with Gasteiger partial charge in [0, 0.05) is 23.5 Å². The van der Waals surface area contributed by atoms with Crippen LogP contribution in [0.2, 0.25) is 0 Å². The molecule has 8 heteroatoms. The molecular weight excluding hydrogens is 420 g/mol. The zero-order valence-corrected chi connectivity index (χ0v) is 18.7. The van der Waals surface area contributed by atoms with Crippen molar-refractivity contribution >= 4 is 17.5 Å². The molecule has 1 saturated heterocycles. The van der Waals surface area contributed by atoms with Crippen molar-refractivity contribution in [1.82, 2.24) is 14.7 Å². The molecule has 1 fully saturated rings. The van der Waals surface area contributed by atoms with E-state index in [9.17, 15) is 9.59 Å². The third kappa shape index (κ3) is 4.16. The van der Waals surface area contributed by atoms with E-state index in [0.29, 0.717) is 35.7 Å². The second-order valence-electron chi connectivity index (χ2n) is 8.45. The number of amides is 2. The van der Waals surface area contributed by atoms with Gasteiger partial charge in [0.1, 0.15) is 6.04 Å². The highest BCUT2D eigenvalue weighted by Crippen LogP contribution is 2.33. The Bertz CT molecular complexity index is 1200. The zero-order valence-electron chi connectivity index (χ0n) is 18.7. The molecule has 170 valence electrons. The summed E-state index contributed by atoms with van der Waals surface area (Å²) in [6.45, 7) is 4.66. The number of aryl methyl sites for hydroxylation is 2. The van der Waals surface area contributed by atoms with Gasteiger partial charge in [-0.1, -0.05) is 0 Å². The Morgan fingerprint density at radius 2 is 1.79 bits per heavy atom. The molecule has 0 saturated carbocycles. The second-order valence-corrected chi connectivity index (χ2v) is 8.45. The number of carbonyl (C=O) groups excluding carboxylic acids is 2. The molecule has 3 heterocycles. The molecule has 1 aromatic heterocycles. The molecule has 1 unspecified atom stereocenters. The van der Waals surface area contributed by atoms with Crippen molar-refractivity contribution in [3.05, 3.63) is 65.5 Å². The Kier molecular flexibility index (Phi) is 5.50. The van der Waals surface area contributed by atoms with Gasteiger partial charge in [0.2, 0.25) is 12.7 Å². The third-order valence-corrected chi connectivity index (χ3v) is 6.07. The van der Waals surface area contributed by atoms with Crippen LogP contribution in [0.3, 0.4) is 0 Å². The number of carbonyl (C=O) groups is 2. The third-order valence-electron chi connectivity index (χ3n) is 6.07. The van der Waals surface area contributed by atoms with E-state index in [-0.39, 0.29) is 18.6 Å². The number of likely N-dealkylation sites (tertiary alicyclic amines) is 1. The molecule has 0 spiro atoms. The normalized spacial score (nSPS) is 17.2. The fourth-order valence-corrected chi connectivity index (χ4v) is 4.44. The molecule has 0 aliphatic carbocycles. The van der Waals surface area contributed by atoms with Gasteiger partial charge in [-0.3, -0.25) is 9.59 Å². The lowest BCUT2D eigenvalue weighted by atomic mass is 9.99. The molecule has 0 bridgehead atoms. The molecule has 3 aromatic rings. The highest BCUT2D eigenvalue weighted by Gasteiger charge is 2.33. The van der Waals surface area contributed by atoms with Gasteiger partial charge in [0.05, 0.1) is 11.4 Å². The second kappa shape index (κ2) is 8.61. The summed E-state index contributed by atoms with van der Waals surface area (Å²) in [6.07, 6.45) is 2.41. The van der Waals surface area contributed by atoms with Crippen LogP contribution in [-0.2, 0) is 4.79 Å². The van der Waals surface area contributed by atoms with Gasteiger partial charge in [0.15, 0.2) is 11.5 Å². The average molecular weight is 447 g/mol. The van der Waals surface area contributed by atoms with Gasteiger partial charge in [0.25, 0.3) is 5.91 Å². The van der Waals surface area contributed by atoms with E-state index in [2.05, 4.69) is 10.4 Å². The van der Waals surface area contributed by atoms with E-state index in [1.165, 1.54) is 0 Å². The highest BCUT2D eigenvalue weighted by molar-refractivity contribution is 6.01. The van der Waals surface area contributed by atoms with Crippen LogP contribution >= 0.6 is 0 Å². The quantitative estimate of drug-likeness (QED) is 0.658. The van der Waals surface area contributed by atoms with Crippen molar-refractivity contribution in [3.8, 4) is 17.2 Å². The van der Waals surface area contributed by atoms with Crippen molar-refractivity contribution in [2.24, 2.45) is 0 Å². The molecule has 5 rings (SSSR count). The van der Waals surface area contributed by atoms with Crippen molar-refractivity contribution < 1.29 is 19.1 Å². The Morgan fingerprint density at radius 1 is 1.00 bits per heavy atom. The summed E-state index contributed by atoms with van der Waals surface area (Å²) >= 11 is 0. The lowest BCUT2D eigenvalue weighted by Crippen LogP contribution is -2.50. The number of hydrogen-bond acceptors (Lipinski definition) is 5. The first-order chi connectivity index (χ1) is 16.0. The Labute approximate surface area is 192 Å². The minimum atomic E-state index is -0.521. The molecular formula is C25H26N4O4. The largest absolute Gasteiger partial charge is 0.454 e. The van der Waals surface area contributed by atoms with Gasteiger partial charge >= 0.3 is 0 Å². The summed E-state index contributed by atoms with van der Waals surface area (Å²) in [5.41, 5.74) is 4.11. The summed E-state index contributed by atoms with van der Waals surface area (Å²) < 4.78 is 12.6. The number of piperidine rings is 1. The molecule has 33 heavy (non-hydrogen) atoms. The molecule has 2 aliphatic heterocycles. The van der Waals surface area contributed by atoms with Gasteiger partial charge in [-0.25, -0.2) is 4.68 Å². The van der Waals surface area contributed by atoms with Crippen molar-refractivity contribution in [3.63, 3.8) is 0 Å². The molecule has 1 atom stereocenters. The fraction of sp³-hybridized carbons (Fsp3) is 0.320. The maximum Gasteiger partial charge on any atom is 0.254 e. The SMILES string of the molecule is Cc1cc(C)n(-c2ccc(NC(=O)C3CCCCN3C(=O)c3ccc4c(c3)OCO4)cc2)n1. The molecule has 1 N–H and O–H groups in total. The number of nitrogens with one attached hydrogen (secondary N) is 1. The number of hydrogen-bond donors (Lipinski definition) is 1. The number of aromatic nitrogens is 2. The van der Waals surface area contributed by atoms with Crippen molar-refractivity contribution in [1.29, 1.82) is 0 Å². The Hall–Kier alpha value is -3.81. The predicted octanol–water partition coefficient (Wildman–Crippen LogP) is 3.85. The van der Waals surface area contributed by atoms with Crippen LogP contribution in [0.1, 0.15) is 41.0 Å². The van der Waals surface area contributed by atoms with E-state index in [1.54, 1.807) is 23.1 Å². The summed E-state index contributed by atoms with van der Waals surface area (Å²) in [5, 5.41) is 7.47. The lowest BCUT2D eigenvalue weighted by Gasteiger charge is -2.34.